The highest BCUT2D eigenvalue weighted by atomic mass is 16.3. The normalized spacial score (nSPS) is 33.5. The summed E-state index contributed by atoms with van der Waals surface area (Å²) in [6.45, 7) is 3.11. The van der Waals surface area contributed by atoms with E-state index in [1.807, 2.05) is 12.1 Å². The molecule has 0 aromatic heterocycles. The molecule has 29 heavy (non-hydrogen) atoms. The van der Waals surface area contributed by atoms with Gasteiger partial charge in [-0.15, -0.1) is 0 Å². The first kappa shape index (κ1) is 19.4. The van der Waals surface area contributed by atoms with Crippen LogP contribution in [0.3, 0.4) is 0 Å². The fourth-order valence-electron chi connectivity index (χ4n) is 6.98. The van der Waals surface area contributed by atoms with Crippen LogP contribution in [0.5, 0.6) is 5.75 Å². The van der Waals surface area contributed by atoms with E-state index in [1.54, 1.807) is 6.07 Å². The third-order valence-corrected chi connectivity index (χ3v) is 8.19. The number of fused-ring (bicyclic) bond motifs is 4. The molecule has 1 amide bonds. The third-order valence-electron chi connectivity index (χ3n) is 8.19. The Morgan fingerprint density at radius 3 is 2.66 bits per heavy atom. The van der Waals surface area contributed by atoms with Crippen LogP contribution in [-0.4, -0.2) is 46.0 Å². The Morgan fingerprint density at radius 1 is 1.00 bits per heavy atom. The van der Waals surface area contributed by atoms with Crippen molar-refractivity contribution in [2.45, 2.75) is 82.8 Å². The minimum Gasteiger partial charge on any atom is -0.508 e. The number of aromatic hydroxyl groups is 1. The van der Waals surface area contributed by atoms with Gasteiger partial charge in [-0.3, -0.25) is 9.69 Å². The van der Waals surface area contributed by atoms with Gasteiger partial charge in [0.1, 0.15) is 5.75 Å². The first-order chi connectivity index (χ1) is 14.2. The fourth-order valence-corrected chi connectivity index (χ4v) is 6.98. The Bertz CT molecular complexity index is 729. The summed E-state index contributed by atoms with van der Waals surface area (Å²) in [5.74, 6) is 2.86. The van der Waals surface area contributed by atoms with Crippen molar-refractivity contribution in [3.8, 4) is 5.75 Å². The van der Waals surface area contributed by atoms with E-state index in [9.17, 15) is 9.90 Å². The molecular weight excluding hydrogens is 360 g/mol. The molecule has 3 heterocycles. The largest absolute Gasteiger partial charge is 0.508 e. The van der Waals surface area contributed by atoms with E-state index in [2.05, 4.69) is 15.9 Å². The number of phenolic OH excluding ortho intramolecular Hbond substituents is 1. The number of piperidine rings is 3. The number of carbonyl (C=O) groups is 1. The van der Waals surface area contributed by atoms with Gasteiger partial charge in [0, 0.05) is 38.1 Å². The van der Waals surface area contributed by atoms with Crippen molar-refractivity contribution in [1.29, 1.82) is 0 Å². The van der Waals surface area contributed by atoms with Crippen LogP contribution in [0.15, 0.2) is 24.3 Å². The molecule has 4 atom stereocenters. The van der Waals surface area contributed by atoms with Gasteiger partial charge in [0.15, 0.2) is 0 Å². The first-order valence-corrected chi connectivity index (χ1v) is 12.0. The van der Waals surface area contributed by atoms with Gasteiger partial charge in [0.25, 0.3) is 0 Å². The second-order valence-corrected chi connectivity index (χ2v) is 10.2. The molecule has 5 rings (SSSR count). The predicted molar refractivity (Wildman–Crippen MR) is 114 cm³/mol. The molecule has 4 heteroatoms. The summed E-state index contributed by atoms with van der Waals surface area (Å²) in [5.41, 5.74) is 1.20. The lowest BCUT2D eigenvalue weighted by atomic mass is 9.69. The Balaban J connectivity index is 1.36. The lowest BCUT2D eigenvalue weighted by Crippen LogP contribution is -2.65. The molecule has 0 unspecified atom stereocenters. The van der Waals surface area contributed by atoms with Crippen LogP contribution in [0.4, 0.5) is 0 Å². The van der Waals surface area contributed by atoms with Crippen molar-refractivity contribution < 1.29 is 9.90 Å². The highest BCUT2D eigenvalue weighted by Crippen LogP contribution is 2.44. The summed E-state index contributed by atoms with van der Waals surface area (Å²) < 4.78 is 0. The number of benzene rings is 1. The summed E-state index contributed by atoms with van der Waals surface area (Å²) >= 11 is 0. The smallest absolute Gasteiger partial charge is 0.223 e. The van der Waals surface area contributed by atoms with E-state index in [0.29, 0.717) is 35.6 Å². The molecule has 158 valence electrons. The molecule has 3 saturated heterocycles. The average molecular weight is 397 g/mol. The molecule has 0 radical (unpaired) electrons. The summed E-state index contributed by atoms with van der Waals surface area (Å²) in [6, 6.07) is 8.65. The number of hydrogen-bond acceptors (Lipinski definition) is 3. The Hall–Kier alpha value is -1.55. The molecule has 3 aliphatic heterocycles. The number of carbonyl (C=O) groups excluding carboxylic acids is 1. The maximum Gasteiger partial charge on any atom is 0.223 e. The maximum atomic E-state index is 13.0. The van der Waals surface area contributed by atoms with Gasteiger partial charge in [-0.1, -0.05) is 44.2 Å². The number of rotatable bonds is 4. The number of hydrogen-bond donors (Lipinski definition) is 1. The SMILES string of the molecule is O=C1CCC[C@H]2[C@@H]3C[C@@H](CN(Cc4cccc(O)c4)C3)[C@H](CC3CCCCC3)N12. The average Bonchev–Trinajstić information content (AvgIpc) is 2.72. The van der Waals surface area contributed by atoms with Crippen LogP contribution in [-0.2, 0) is 11.3 Å². The highest BCUT2D eigenvalue weighted by Gasteiger charge is 2.49. The zero-order valence-corrected chi connectivity index (χ0v) is 17.6. The van der Waals surface area contributed by atoms with Gasteiger partial charge in [-0.05, 0) is 61.1 Å². The molecule has 1 aliphatic carbocycles. The summed E-state index contributed by atoms with van der Waals surface area (Å²) in [5, 5.41) is 9.85. The zero-order chi connectivity index (χ0) is 19.8. The van der Waals surface area contributed by atoms with Crippen LogP contribution < -0.4 is 0 Å². The van der Waals surface area contributed by atoms with E-state index >= 15 is 0 Å². The Kier molecular flexibility index (Phi) is 5.55. The summed E-state index contributed by atoms with van der Waals surface area (Å²) in [4.78, 5) is 18.0. The van der Waals surface area contributed by atoms with Gasteiger partial charge >= 0.3 is 0 Å². The van der Waals surface area contributed by atoms with Crippen molar-refractivity contribution in [3.05, 3.63) is 29.8 Å². The molecule has 4 fully saturated rings. The van der Waals surface area contributed by atoms with Crippen LogP contribution in [0, 0.1) is 17.8 Å². The molecule has 4 aliphatic rings. The van der Waals surface area contributed by atoms with Gasteiger partial charge in [0.05, 0.1) is 0 Å². The Morgan fingerprint density at radius 2 is 1.83 bits per heavy atom. The topological polar surface area (TPSA) is 43.8 Å². The van der Waals surface area contributed by atoms with Gasteiger partial charge < -0.3 is 10.0 Å². The van der Waals surface area contributed by atoms with Crippen LogP contribution in [0.2, 0.25) is 0 Å². The van der Waals surface area contributed by atoms with E-state index in [4.69, 9.17) is 0 Å². The van der Waals surface area contributed by atoms with E-state index in [1.165, 1.54) is 56.9 Å². The molecular formula is C25H36N2O2. The highest BCUT2D eigenvalue weighted by molar-refractivity contribution is 5.78. The maximum absolute atomic E-state index is 13.0. The van der Waals surface area contributed by atoms with Crippen molar-refractivity contribution in [2.75, 3.05) is 13.1 Å². The molecule has 1 N–H and O–H groups in total. The minimum atomic E-state index is 0.360. The number of likely N-dealkylation sites (tertiary alicyclic amines) is 1. The molecule has 1 aromatic carbocycles. The van der Waals surface area contributed by atoms with Gasteiger partial charge in [0.2, 0.25) is 5.91 Å². The van der Waals surface area contributed by atoms with E-state index in [-0.39, 0.29) is 0 Å². The third kappa shape index (κ3) is 4.05. The van der Waals surface area contributed by atoms with Crippen LogP contribution >= 0.6 is 0 Å². The Labute approximate surface area is 175 Å². The lowest BCUT2D eigenvalue weighted by Gasteiger charge is -2.57. The van der Waals surface area contributed by atoms with E-state index < -0.39 is 0 Å². The van der Waals surface area contributed by atoms with Crippen molar-refractivity contribution >= 4 is 5.91 Å². The minimum absolute atomic E-state index is 0.360. The molecule has 0 spiro atoms. The van der Waals surface area contributed by atoms with Crippen LogP contribution in [0.25, 0.3) is 0 Å². The van der Waals surface area contributed by atoms with Gasteiger partial charge in [-0.2, -0.15) is 0 Å². The fraction of sp³-hybridized carbons (Fsp3) is 0.720. The lowest BCUT2D eigenvalue weighted by molar-refractivity contribution is -0.154. The number of nitrogens with zero attached hydrogens (tertiary/aromatic N) is 2. The standard InChI is InChI=1S/C25H36N2O2/c28-22-9-4-8-19(12-22)15-26-16-20-14-21(17-26)24(13-18-6-2-1-3-7-18)27-23(20)10-5-11-25(27)29/h4,8-9,12,18,20-21,23-24,28H,1-3,5-7,10-11,13-17H2/t20-,21+,23+,24+/m1/s1. The first-order valence-electron chi connectivity index (χ1n) is 12.0. The number of phenols is 1. The van der Waals surface area contributed by atoms with Crippen molar-refractivity contribution in [2.24, 2.45) is 17.8 Å². The predicted octanol–water partition coefficient (Wildman–Crippen LogP) is 4.56. The summed E-state index contributed by atoms with van der Waals surface area (Å²) in [6.07, 6.45) is 12.5. The molecule has 4 nitrogen and oxygen atoms in total. The quantitative estimate of drug-likeness (QED) is 0.811. The van der Waals surface area contributed by atoms with Gasteiger partial charge in [-0.25, -0.2) is 0 Å². The molecule has 1 aromatic rings. The van der Waals surface area contributed by atoms with Crippen molar-refractivity contribution in [1.82, 2.24) is 9.80 Å². The zero-order valence-electron chi connectivity index (χ0n) is 17.6. The van der Waals surface area contributed by atoms with E-state index in [0.717, 1.165) is 38.4 Å². The second-order valence-electron chi connectivity index (χ2n) is 10.2. The molecule has 1 saturated carbocycles. The van der Waals surface area contributed by atoms with Crippen molar-refractivity contribution in [3.63, 3.8) is 0 Å². The number of amides is 1. The van der Waals surface area contributed by atoms with Crippen LogP contribution in [0.1, 0.15) is 69.8 Å². The molecule has 2 bridgehead atoms. The summed E-state index contributed by atoms with van der Waals surface area (Å²) in [7, 11) is 0. The second kappa shape index (κ2) is 8.29. The monoisotopic (exact) mass is 396 g/mol.